The van der Waals surface area contributed by atoms with Crippen molar-refractivity contribution < 1.29 is 19.4 Å². The molecule has 1 amide bonds. The van der Waals surface area contributed by atoms with Crippen molar-refractivity contribution in [3.8, 4) is 0 Å². The zero-order chi connectivity index (χ0) is 13.4. The first-order valence-electron chi connectivity index (χ1n) is 5.76. The molecule has 0 aromatic heterocycles. The summed E-state index contributed by atoms with van der Waals surface area (Å²) < 4.78 is 10.2. The number of amides is 1. The number of methoxy groups -OCH3 is 2. The van der Waals surface area contributed by atoms with Crippen LogP contribution in [0.4, 0.5) is 4.79 Å². The van der Waals surface area contributed by atoms with Gasteiger partial charge in [-0.2, -0.15) is 0 Å². The molecule has 0 radical (unpaired) electrons. The molecule has 5 nitrogen and oxygen atoms in total. The van der Waals surface area contributed by atoms with Crippen molar-refractivity contribution in [2.24, 2.45) is 0 Å². The van der Waals surface area contributed by atoms with Crippen LogP contribution in [0.25, 0.3) is 0 Å². The number of carbonyl (C=O) groups is 1. The second-order valence-corrected chi connectivity index (χ2v) is 3.92. The Bertz CT molecular complexity index is 351. The van der Waals surface area contributed by atoms with E-state index in [9.17, 15) is 4.79 Å². The summed E-state index contributed by atoms with van der Waals surface area (Å²) in [5, 5.41) is 11.2. The Morgan fingerprint density at radius 1 is 1.28 bits per heavy atom. The Kier molecular flexibility index (Phi) is 6.18. The monoisotopic (exact) mass is 253 g/mol. The van der Waals surface area contributed by atoms with Gasteiger partial charge in [0.15, 0.2) is 6.29 Å². The summed E-state index contributed by atoms with van der Waals surface area (Å²) in [6.07, 6.45) is -0.283. The molecule has 0 saturated heterocycles. The zero-order valence-electron chi connectivity index (χ0n) is 10.6. The lowest BCUT2D eigenvalue weighted by Gasteiger charge is -2.24. The van der Waals surface area contributed by atoms with Crippen LogP contribution in [-0.4, -0.2) is 37.8 Å². The van der Waals surface area contributed by atoms with Gasteiger partial charge in [0.2, 0.25) is 0 Å². The van der Waals surface area contributed by atoms with Gasteiger partial charge in [-0.25, -0.2) is 4.79 Å². The second kappa shape index (κ2) is 7.68. The molecule has 1 unspecified atom stereocenters. The second-order valence-electron chi connectivity index (χ2n) is 3.92. The van der Waals surface area contributed by atoms with E-state index in [-0.39, 0.29) is 0 Å². The topological polar surface area (TPSA) is 67.8 Å². The molecule has 0 aliphatic heterocycles. The van der Waals surface area contributed by atoms with E-state index in [4.69, 9.17) is 14.6 Å². The van der Waals surface area contributed by atoms with Crippen LogP contribution in [0.2, 0.25) is 0 Å². The van der Waals surface area contributed by atoms with Gasteiger partial charge in [0.25, 0.3) is 0 Å². The Balaban J connectivity index is 2.58. The molecule has 1 aromatic rings. The van der Waals surface area contributed by atoms with Crippen molar-refractivity contribution in [3.05, 3.63) is 35.9 Å². The Morgan fingerprint density at radius 3 is 2.39 bits per heavy atom. The fourth-order valence-corrected chi connectivity index (χ4v) is 1.83. The van der Waals surface area contributed by atoms with Gasteiger partial charge in [0, 0.05) is 14.2 Å². The number of benzene rings is 1. The minimum Gasteiger partial charge on any atom is -0.465 e. The van der Waals surface area contributed by atoms with Crippen molar-refractivity contribution in [2.45, 2.75) is 25.2 Å². The maximum Gasteiger partial charge on any atom is 0.405 e. The summed E-state index contributed by atoms with van der Waals surface area (Å²) in [5.74, 6) is 0. The third-order valence-corrected chi connectivity index (χ3v) is 2.69. The lowest BCUT2D eigenvalue weighted by molar-refractivity contribution is -0.122. The average Bonchev–Trinajstić information content (AvgIpc) is 2.38. The third kappa shape index (κ3) is 4.73. The normalized spacial score (nSPS) is 12.4. The molecule has 0 fully saturated rings. The molecule has 0 spiro atoms. The number of ether oxygens (including phenoxy) is 2. The zero-order valence-corrected chi connectivity index (χ0v) is 10.6. The number of rotatable bonds is 7. The first-order valence-corrected chi connectivity index (χ1v) is 5.76. The molecule has 18 heavy (non-hydrogen) atoms. The molecule has 2 N–H and O–H groups in total. The molecule has 100 valence electrons. The molecule has 0 aliphatic rings. The van der Waals surface area contributed by atoms with Crippen molar-refractivity contribution in [1.29, 1.82) is 0 Å². The molecule has 1 atom stereocenters. The number of hydrogen-bond donors (Lipinski definition) is 2. The number of aryl methyl sites for hydroxylation is 1. The number of carboxylic acid groups (broad SMARTS) is 1. The molecule has 1 rings (SSSR count). The van der Waals surface area contributed by atoms with E-state index in [1.807, 2.05) is 30.3 Å². The van der Waals surface area contributed by atoms with Gasteiger partial charge in [-0.1, -0.05) is 30.3 Å². The van der Waals surface area contributed by atoms with Crippen LogP contribution in [0, 0.1) is 0 Å². The molecule has 0 aliphatic carbocycles. The molecule has 0 saturated carbocycles. The standard InChI is InChI=1S/C13H19NO4/c1-17-12(18-2)11(14-13(15)16)9-8-10-6-4-3-5-7-10/h3-7,11-12,14H,8-9H2,1-2H3,(H,15,16). The van der Waals surface area contributed by atoms with E-state index in [2.05, 4.69) is 5.32 Å². The molecular formula is C13H19NO4. The SMILES string of the molecule is COC(OC)C(CCc1ccccc1)NC(=O)O. The number of nitrogens with one attached hydrogen (secondary N) is 1. The first-order chi connectivity index (χ1) is 8.67. The molecule has 5 heteroatoms. The lowest BCUT2D eigenvalue weighted by Crippen LogP contribution is -2.44. The van der Waals surface area contributed by atoms with E-state index in [0.717, 1.165) is 12.0 Å². The summed E-state index contributed by atoms with van der Waals surface area (Å²) in [7, 11) is 2.99. The predicted molar refractivity (Wildman–Crippen MR) is 67.5 cm³/mol. The highest BCUT2D eigenvalue weighted by Gasteiger charge is 2.22. The van der Waals surface area contributed by atoms with E-state index in [0.29, 0.717) is 6.42 Å². The Hall–Kier alpha value is -1.59. The van der Waals surface area contributed by atoms with Crippen LogP contribution >= 0.6 is 0 Å². The van der Waals surface area contributed by atoms with Gasteiger partial charge in [0.1, 0.15) is 0 Å². The molecule has 0 bridgehead atoms. The largest absolute Gasteiger partial charge is 0.465 e. The summed E-state index contributed by atoms with van der Waals surface area (Å²) in [5.41, 5.74) is 1.15. The third-order valence-electron chi connectivity index (χ3n) is 2.69. The number of hydrogen-bond acceptors (Lipinski definition) is 3. The highest BCUT2D eigenvalue weighted by Crippen LogP contribution is 2.10. The van der Waals surface area contributed by atoms with Crippen LogP contribution < -0.4 is 5.32 Å². The van der Waals surface area contributed by atoms with Crippen molar-refractivity contribution >= 4 is 6.09 Å². The van der Waals surface area contributed by atoms with Crippen LogP contribution in [-0.2, 0) is 15.9 Å². The van der Waals surface area contributed by atoms with E-state index < -0.39 is 18.4 Å². The summed E-state index contributed by atoms with van der Waals surface area (Å²) in [6, 6.07) is 9.48. The molecule has 0 heterocycles. The van der Waals surface area contributed by atoms with Gasteiger partial charge in [-0.3, -0.25) is 0 Å². The summed E-state index contributed by atoms with van der Waals surface area (Å²) >= 11 is 0. The van der Waals surface area contributed by atoms with Crippen molar-refractivity contribution in [1.82, 2.24) is 5.32 Å². The van der Waals surface area contributed by atoms with Crippen molar-refractivity contribution in [2.75, 3.05) is 14.2 Å². The Morgan fingerprint density at radius 2 is 1.89 bits per heavy atom. The van der Waals surface area contributed by atoms with Crippen LogP contribution in [0.15, 0.2) is 30.3 Å². The first kappa shape index (κ1) is 14.5. The van der Waals surface area contributed by atoms with E-state index >= 15 is 0 Å². The smallest absolute Gasteiger partial charge is 0.405 e. The van der Waals surface area contributed by atoms with Crippen LogP contribution in [0.1, 0.15) is 12.0 Å². The highest BCUT2D eigenvalue weighted by atomic mass is 16.7. The summed E-state index contributed by atoms with van der Waals surface area (Å²) in [6.45, 7) is 0. The highest BCUT2D eigenvalue weighted by molar-refractivity contribution is 5.64. The van der Waals surface area contributed by atoms with Gasteiger partial charge in [-0.15, -0.1) is 0 Å². The summed E-state index contributed by atoms with van der Waals surface area (Å²) in [4.78, 5) is 10.7. The van der Waals surface area contributed by atoms with E-state index in [1.54, 1.807) is 0 Å². The fourth-order valence-electron chi connectivity index (χ4n) is 1.83. The predicted octanol–water partition coefficient (Wildman–Crippen LogP) is 1.87. The van der Waals surface area contributed by atoms with Crippen LogP contribution in [0.3, 0.4) is 0 Å². The van der Waals surface area contributed by atoms with Gasteiger partial charge < -0.3 is 19.9 Å². The lowest BCUT2D eigenvalue weighted by atomic mass is 10.0. The minimum atomic E-state index is -1.08. The molecule has 1 aromatic carbocycles. The minimum absolute atomic E-state index is 0.391. The van der Waals surface area contributed by atoms with Gasteiger partial charge in [-0.05, 0) is 18.4 Å². The van der Waals surface area contributed by atoms with Gasteiger partial charge >= 0.3 is 6.09 Å². The Labute approximate surface area is 107 Å². The van der Waals surface area contributed by atoms with Crippen molar-refractivity contribution in [3.63, 3.8) is 0 Å². The maximum absolute atomic E-state index is 10.7. The molecular weight excluding hydrogens is 234 g/mol. The van der Waals surface area contributed by atoms with E-state index in [1.165, 1.54) is 14.2 Å². The van der Waals surface area contributed by atoms with Crippen LogP contribution in [0.5, 0.6) is 0 Å². The average molecular weight is 253 g/mol. The van der Waals surface area contributed by atoms with Gasteiger partial charge in [0.05, 0.1) is 6.04 Å². The quantitative estimate of drug-likeness (QED) is 0.728. The fraction of sp³-hybridized carbons (Fsp3) is 0.462. The maximum atomic E-state index is 10.7.